The lowest BCUT2D eigenvalue weighted by Gasteiger charge is -2.30. The van der Waals surface area contributed by atoms with E-state index in [1.165, 1.54) is 17.4 Å². The van der Waals surface area contributed by atoms with Crippen molar-refractivity contribution in [3.05, 3.63) is 69.4 Å². The van der Waals surface area contributed by atoms with E-state index in [1.807, 2.05) is 12.2 Å². The van der Waals surface area contributed by atoms with Crippen molar-refractivity contribution in [3.8, 4) is 0 Å². The fourth-order valence-corrected chi connectivity index (χ4v) is 5.66. The third kappa shape index (κ3) is 2.84. The fraction of sp³-hybridized carbons (Fsp3) is 0.273. The van der Waals surface area contributed by atoms with E-state index in [0.717, 1.165) is 16.4 Å². The summed E-state index contributed by atoms with van der Waals surface area (Å²) in [6.07, 6.45) is 4.75. The Morgan fingerprint density at radius 3 is 2.30 bits per heavy atom. The van der Waals surface area contributed by atoms with Crippen molar-refractivity contribution in [3.63, 3.8) is 0 Å². The van der Waals surface area contributed by atoms with Crippen LogP contribution in [0, 0.1) is 23.7 Å². The number of hydrogen-bond donors (Lipinski definition) is 0. The van der Waals surface area contributed by atoms with Crippen LogP contribution in [0.1, 0.15) is 26.5 Å². The highest BCUT2D eigenvalue weighted by atomic mass is 35.5. The number of carbonyl (C=O) groups is 4. The van der Waals surface area contributed by atoms with E-state index in [0.29, 0.717) is 4.88 Å². The number of halogens is 1. The number of rotatable bonds is 5. The maximum absolute atomic E-state index is 13.4. The first-order valence-electron chi connectivity index (χ1n) is 9.66. The zero-order valence-electron chi connectivity index (χ0n) is 15.7. The van der Waals surface area contributed by atoms with Crippen molar-refractivity contribution < 1.29 is 19.2 Å². The number of imide groups is 1. The van der Waals surface area contributed by atoms with Gasteiger partial charge in [0, 0.05) is 0 Å². The molecule has 2 bridgehead atoms. The third-order valence-electron chi connectivity index (χ3n) is 6.12. The van der Waals surface area contributed by atoms with Gasteiger partial charge in [-0.2, -0.15) is 5.01 Å². The Morgan fingerprint density at radius 1 is 1.03 bits per heavy atom. The molecule has 4 atom stereocenters. The maximum atomic E-state index is 13.4. The number of Topliss-reactive ketones (excluding diaryl/α,β-unsaturated/α-hetero) is 1. The lowest BCUT2D eigenvalue weighted by molar-refractivity contribution is -0.154. The zero-order valence-corrected chi connectivity index (χ0v) is 17.3. The number of allylic oxidation sites excluding steroid dienone is 2. The van der Waals surface area contributed by atoms with Crippen molar-refractivity contribution in [2.75, 3.05) is 6.54 Å². The summed E-state index contributed by atoms with van der Waals surface area (Å²) in [5.74, 6) is -2.74. The summed E-state index contributed by atoms with van der Waals surface area (Å²) in [4.78, 5) is 53.2. The molecular formula is C22H17ClN2O4S. The Kier molecular flexibility index (Phi) is 4.60. The van der Waals surface area contributed by atoms with Gasteiger partial charge in [-0.15, -0.1) is 11.3 Å². The van der Waals surface area contributed by atoms with Crippen molar-refractivity contribution in [1.82, 2.24) is 10.0 Å². The molecule has 2 aromatic rings. The minimum Gasteiger partial charge on any atom is -0.291 e. The Bertz CT molecular complexity index is 1070. The third-order valence-corrected chi connectivity index (χ3v) is 7.36. The van der Waals surface area contributed by atoms with Gasteiger partial charge in [-0.05, 0) is 41.8 Å². The molecule has 152 valence electrons. The van der Waals surface area contributed by atoms with Crippen LogP contribution in [0.3, 0.4) is 0 Å². The summed E-state index contributed by atoms with van der Waals surface area (Å²) >= 11 is 7.45. The molecule has 2 fully saturated rings. The van der Waals surface area contributed by atoms with Crippen molar-refractivity contribution >= 4 is 46.4 Å². The number of thiophene rings is 1. The van der Waals surface area contributed by atoms with Gasteiger partial charge in [-0.3, -0.25) is 19.2 Å². The summed E-state index contributed by atoms with van der Waals surface area (Å²) in [5.41, 5.74) is 0.136. The molecule has 6 nitrogen and oxygen atoms in total. The second kappa shape index (κ2) is 7.18. The van der Waals surface area contributed by atoms with Gasteiger partial charge >= 0.3 is 0 Å². The van der Waals surface area contributed by atoms with Gasteiger partial charge in [0.1, 0.15) is 6.54 Å². The largest absolute Gasteiger partial charge is 0.291 e. The topological polar surface area (TPSA) is 74.8 Å². The summed E-state index contributed by atoms with van der Waals surface area (Å²) in [6, 6.07) is 9.78. The van der Waals surface area contributed by atoms with Crippen LogP contribution in [-0.4, -0.2) is 40.1 Å². The number of hydrazine groups is 1. The molecule has 0 N–H and O–H groups in total. The second-order valence-corrected chi connectivity index (χ2v) is 9.09. The highest BCUT2D eigenvalue weighted by molar-refractivity contribution is 7.12. The Morgan fingerprint density at radius 2 is 1.70 bits per heavy atom. The SMILES string of the molecule is O=C(CN(C(=O)c1ccccc1Cl)N1C(=O)[C@H]2[C@H](C1=O)[C@H]1C=C[C@H]2C1)c1cccs1. The van der Waals surface area contributed by atoms with Crippen molar-refractivity contribution in [2.24, 2.45) is 23.7 Å². The molecule has 1 aromatic heterocycles. The summed E-state index contributed by atoms with van der Waals surface area (Å²) < 4.78 is 0. The predicted molar refractivity (Wildman–Crippen MR) is 111 cm³/mol. The van der Waals surface area contributed by atoms with Crippen LogP contribution < -0.4 is 0 Å². The maximum Gasteiger partial charge on any atom is 0.274 e. The number of amides is 3. The number of hydrogen-bond acceptors (Lipinski definition) is 5. The van der Waals surface area contributed by atoms with Crippen molar-refractivity contribution in [2.45, 2.75) is 6.42 Å². The Balaban J connectivity index is 1.52. The molecule has 2 aliphatic carbocycles. The first-order valence-corrected chi connectivity index (χ1v) is 10.9. The van der Waals surface area contributed by atoms with Crippen LogP contribution in [0.4, 0.5) is 0 Å². The van der Waals surface area contributed by atoms with Gasteiger partial charge in [-0.1, -0.05) is 42.0 Å². The van der Waals surface area contributed by atoms with Crippen LogP contribution in [0.2, 0.25) is 5.02 Å². The first kappa shape index (κ1) is 19.2. The predicted octanol–water partition coefficient (Wildman–Crippen LogP) is 3.45. The van der Waals surface area contributed by atoms with Gasteiger partial charge in [0.15, 0.2) is 5.78 Å². The molecule has 2 heterocycles. The molecule has 3 aliphatic rings. The Hall–Kier alpha value is -2.77. The van der Waals surface area contributed by atoms with E-state index in [2.05, 4.69) is 0 Å². The molecule has 0 unspecified atom stereocenters. The zero-order chi connectivity index (χ0) is 21.0. The molecular weight excluding hydrogens is 424 g/mol. The number of ketones is 1. The molecule has 1 saturated carbocycles. The van der Waals surface area contributed by atoms with Gasteiger partial charge in [0.2, 0.25) is 0 Å². The monoisotopic (exact) mass is 440 g/mol. The van der Waals surface area contributed by atoms with E-state index in [9.17, 15) is 19.2 Å². The van der Waals surface area contributed by atoms with Crippen LogP contribution >= 0.6 is 22.9 Å². The minimum absolute atomic E-state index is 0.00622. The molecule has 1 saturated heterocycles. The van der Waals surface area contributed by atoms with Crippen LogP contribution in [0.5, 0.6) is 0 Å². The summed E-state index contributed by atoms with van der Waals surface area (Å²) in [6.45, 7) is -0.412. The summed E-state index contributed by atoms with van der Waals surface area (Å²) in [7, 11) is 0. The van der Waals surface area contributed by atoms with E-state index in [-0.39, 0.29) is 28.2 Å². The van der Waals surface area contributed by atoms with E-state index < -0.39 is 36.1 Å². The average molecular weight is 441 g/mol. The summed E-state index contributed by atoms with van der Waals surface area (Å²) in [5, 5.41) is 3.83. The fourth-order valence-electron chi connectivity index (χ4n) is 4.78. The number of fused-ring (bicyclic) bond motifs is 5. The molecule has 8 heteroatoms. The standard InChI is InChI=1S/C22H17ClN2O4S/c23-15-5-2-1-4-14(15)20(27)24(11-16(26)17-6-3-9-30-17)25-21(28)18-12-7-8-13(10-12)19(18)22(25)29/h1-9,12-13,18-19H,10-11H2/t12-,13-,18+,19+/m0/s1. The quantitative estimate of drug-likeness (QED) is 0.405. The highest BCUT2D eigenvalue weighted by Gasteiger charge is 2.61. The van der Waals surface area contributed by atoms with E-state index in [4.69, 9.17) is 11.6 Å². The minimum atomic E-state index is -0.646. The first-order chi connectivity index (χ1) is 14.5. The highest BCUT2D eigenvalue weighted by Crippen LogP contribution is 2.52. The molecule has 1 aliphatic heterocycles. The van der Waals surface area contributed by atoms with Gasteiger partial charge < -0.3 is 0 Å². The average Bonchev–Trinajstić information content (AvgIpc) is 3.52. The van der Waals surface area contributed by atoms with Crippen LogP contribution in [0.15, 0.2) is 53.9 Å². The van der Waals surface area contributed by atoms with Crippen molar-refractivity contribution in [1.29, 1.82) is 0 Å². The molecule has 3 amide bonds. The van der Waals surface area contributed by atoms with Gasteiger partial charge in [-0.25, -0.2) is 5.01 Å². The number of carbonyl (C=O) groups excluding carboxylic acids is 4. The van der Waals surface area contributed by atoms with E-state index in [1.54, 1.807) is 35.7 Å². The van der Waals surface area contributed by atoms with E-state index >= 15 is 0 Å². The van der Waals surface area contributed by atoms with Gasteiger partial charge in [0.05, 0.1) is 27.3 Å². The lowest BCUT2D eigenvalue weighted by atomic mass is 9.85. The van der Waals surface area contributed by atoms with Gasteiger partial charge in [0.25, 0.3) is 17.7 Å². The Labute approximate surface area is 181 Å². The van der Waals surface area contributed by atoms with Crippen LogP contribution in [-0.2, 0) is 9.59 Å². The molecule has 5 rings (SSSR count). The number of nitrogens with zero attached hydrogens (tertiary/aromatic N) is 2. The second-order valence-electron chi connectivity index (χ2n) is 7.73. The normalized spacial score (nSPS) is 26.4. The molecule has 1 aromatic carbocycles. The molecule has 30 heavy (non-hydrogen) atoms. The molecule has 0 radical (unpaired) electrons. The lowest BCUT2D eigenvalue weighted by Crippen LogP contribution is -2.52. The number of benzene rings is 1. The molecule has 0 spiro atoms. The van der Waals surface area contributed by atoms with Crippen LogP contribution in [0.25, 0.3) is 0 Å². The smallest absolute Gasteiger partial charge is 0.274 e.